The molecule has 10 heteroatoms. The van der Waals surface area contributed by atoms with Gasteiger partial charge in [0, 0.05) is 5.56 Å². The maximum Gasteiger partial charge on any atom is 0.223 e. The average Bonchev–Trinajstić information content (AvgIpc) is 2.99. The fourth-order valence-electron chi connectivity index (χ4n) is 2.51. The van der Waals surface area contributed by atoms with E-state index in [1.165, 1.54) is 27.7 Å². The molecule has 0 aliphatic carbocycles. The molecule has 0 saturated heterocycles. The molecule has 0 bridgehead atoms. The third-order valence-corrected chi connectivity index (χ3v) is 4.18. The van der Waals surface area contributed by atoms with Crippen LogP contribution < -0.4 is 19.9 Å². The molecule has 0 atom stereocenters. The maximum atomic E-state index is 14.8. The fraction of sp³-hybridized carbons (Fsp3) is 0.267. The number of ether oxygens (including phenoxy) is 3. The molecule has 3 rings (SSSR count). The Bertz CT molecular complexity index is 947. The van der Waals surface area contributed by atoms with Gasteiger partial charge in [-0.15, -0.1) is 0 Å². The van der Waals surface area contributed by atoms with Crippen LogP contribution in [0.4, 0.5) is 10.3 Å². The predicted octanol–water partition coefficient (Wildman–Crippen LogP) is 2.38. The SMILES string of the molecule is COc1cc(Cn2cnc3c(Br)nc(N)nc32)c(F)c(OC)c1OC. The molecule has 0 radical (unpaired) electrons. The first-order valence-electron chi connectivity index (χ1n) is 7.11. The summed E-state index contributed by atoms with van der Waals surface area (Å²) in [6.07, 6.45) is 1.53. The molecule has 0 saturated carbocycles. The van der Waals surface area contributed by atoms with Gasteiger partial charge < -0.3 is 24.5 Å². The van der Waals surface area contributed by atoms with Crippen LogP contribution in [-0.2, 0) is 6.54 Å². The standard InChI is InChI=1S/C15H15BrFN5O3/c1-23-8-4-7(9(17)12(25-3)11(8)24-2)5-22-6-19-10-13(16)20-15(18)21-14(10)22/h4,6H,5H2,1-3H3,(H2,18,20,21). The van der Waals surface area contributed by atoms with E-state index in [1.807, 2.05) is 0 Å². The molecule has 0 amide bonds. The lowest BCUT2D eigenvalue weighted by Crippen LogP contribution is -2.06. The van der Waals surface area contributed by atoms with E-state index in [1.54, 1.807) is 10.6 Å². The Kier molecular flexibility index (Phi) is 4.62. The van der Waals surface area contributed by atoms with Gasteiger partial charge in [-0.3, -0.25) is 0 Å². The molecule has 8 nitrogen and oxygen atoms in total. The van der Waals surface area contributed by atoms with Crippen LogP contribution in [0.15, 0.2) is 17.0 Å². The van der Waals surface area contributed by atoms with Crippen LogP contribution in [0.5, 0.6) is 17.2 Å². The summed E-state index contributed by atoms with van der Waals surface area (Å²) >= 11 is 3.29. The zero-order chi connectivity index (χ0) is 18.1. The molecule has 2 heterocycles. The number of imidazole rings is 1. The number of methoxy groups -OCH3 is 3. The van der Waals surface area contributed by atoms with Crippen molar-refractivity contribution in [1.82, 2.24) is 19.5 Å². The summed E-state index contributed by atoms with van der Waals surface area (Å²) in [5.74, 6) is 0.0534. The number of halogens is 2. The molecule has 3 aromatic rings. The number of anilines is 1. The molecule has 2 aromatic heterocycles. The first kappa shape index (κ1) is 17.2. The van der Waals surface area contributed by atoms with E-state index < -0.39 is 5.82 Å². The van der Waals surface area contributed by atoms with Crippen LogP contribution in [0.2, 0.25) is 0 Å². The van der Waals surface area contributed by atoms with E-state index >= 15 is 0 Å². The molecule has 2 N–H and O–H groups in total. The Morgan fingerprint density at radius 1 is 1.16 bits per heavy atom. The zero-order valence-corrected chi connectivity index (χ0v) is 15.3. The Balaban J connectivity index is 2.12. The number of nitrogen functional groups attached to an aromatic ring is 1. The van der Waals surface area contributed by atoms with Gasteiger partial charge in [0.2, 0.25) is 17.4 Å². The van der Waals surface area contributed by atoms with Crippen molar-refractivity contribution in [2.24, 2.45) is 0 Å². The van der Waals surface area contributed by atoms with Crippen molar-refractivity contribution in [3.8, 4) is 17.2 Å². The quantitative estimate of drug-likeness (QED) is 0.643. The molecule has 0 fully saturated rings. The lowest BCUT2D eigenvalue weighted by molar-refractivity contribution is 0.311. The smallest absolute Gasteiger partial charge is 0.223 e. The first-order chi connectivity index (χ1) is 12.0. The van der Waals surface area contributed by atoms with E-state index in [4.69, 9.17) is 19.9 Å². The van der Waals surface area contributed by atoms with Gasteiger partial charge in [0.1, 0.15) is 10.1 Å². The number of aromatic nitrogens is 4. The summed E-state index contributed by atoms with van der Waals surface area (Å²) < 4.78 is 32.5. The Morgan fingerprint density at radius 3 is 2.52 bits per heavy atom. The van der Waals surface area contributed by atoms with E-state index in [2.05, 4.69) is 30.9 Å². The van der Waals surface area contributed by atoms with E-state index in [9.17, 15) is 4.39 Å². The van der Waals surface area contributed by atoms with Gasteiger partial charge >= 0.3 is 0 Å². The summed E-state index contributed by atoms with van der Waals surface area (Å²) in [4.78, 5) is 12.4. The second kappa shape index (κ2) is 6.71. The van der Waals surface area contributed by atoms with Crippen molar-refractivity contribution in [1.29, 1.82) is 0 Å². The first-order valence-corrected chi connectivity index (χ1v) is 7.90. The van der Waals surface area contributed by atoms with Crippen molar-refractivity contribution < 1.29 is 18.6 Å². The van der Waals surface area contributed by atoms with E-state index in [0.29, 0.717) is 27.1 Å². The van der Waals surface area contributed by atoms with E-state index in [0.717, 1.165) is 0 Å². The Hall–Kier alpha value is -2.62. The molecule has 1 aromatic carbocycles. The number of fused-ring (bicyclic) bond motifs is 1. The third kappa shape index (κ3) is 2.93. The zero-order valence-electron chi connectivity index (χ0n) is 13.7. The maximum absolute atomic E-state index is 14.8. The van der Waals surface area contributed by atoms with Crippen molar-refractivity contribution in [2.45, 2.75) is 6.54 Å². The molecule has 0 unspecified atom stereocenters. The summed E-state index contributed by atoms with van der Waals surface area (Å²) in [6, 6.07) is 1.54. The van der Waals surface area contributed by atoms with Crippen LogP contribution in [0.1, 0.15) is 5.56 Å². The molecule has 0 aliphatic heterocycles. The van der Waals surface area contributed by atoms with Crippen molar-refractivity contribution in [3.63, 3.8) is 0 Å². The van der Waals surface area contributed by atoms with Gasteiger partial charge in [-0.25, -0.2) is 14.4 Å². The number of benzene rings is 1. The highest BCUT2D eigenvalue weighted by molar-refractivity contribution is 9.10. The second-order valence-corrected chi connectivity index (χ2v) is 5.79. The van der Waals surface area contributed by atoms with Crippen LogP contribution in [-0.4, -0.2) is 40.8 Å². The Labute approximate surface area is 150 Å². The molecular weight excluding hydrogens is 397 g/mol. The number of nitrogens with zero attached hydrogens (tertiary/aromatic N) is 4. The van der Waals surface area contributed by atoms with Crippen molar-refractivity contribution in [3.05, 3.63) is 28.4 Å². The minimum atomic E-state index is -0.553. The monoisotopic (exact) mass is 411 g/mol. The van der Waals surface area contributed by atoms with E-state index in [-0.39, 0.29) is 24.0 Å². The van der Waals surface area contributed by atoms with Gasteiger partial charge in [0.05, 0.1) is 34.2 Å². The number of rotatable bonds is 5. The van der Waals surface area contributed by atoms with Crippen LogP contribution in [0.25, 0.3) is 11.2 Å². The van der Waals surface area contributed by atoms with Crippen LogP contribution in [0.3, 0.4) is 0 Å². The third-order valence-electron chi connectivity index (χ3n) is 3.62. The number of hydrogen-bond donors (Lipinski definition) is 1. The number of hydrogen-bond acceptors (Lipinski definition) is 7. The summed E-state index contributed by atoms with van der Waals surface area (Å²) in [5.41, 5.74) is 7.01. The topological polar surface area (TPSA) is 97.3 Å². The normalized spacial score (nSPS) is 10.9. The molecule has 132 valence electrons. The highest BCUT2D eigenvalue weighted by Gasteiger charge is 2.22. The van der Waals surface area contributed by atoms with Crippen molar-refractivity contribution in [2.75, 3.05) is 27.1 Å². The van der Waals surface area contributed by atoms with Gasteiger partial charge in [0.15, 0.2) is 17.2 Å². The Morgan fingerprint density at radius 2 is 1.88 bits per heavy atom. The van der Waals surface area contributed by atoms with Gasteiger partial charge in [-0.2, -0.15) is 4.98 Å². The summed E-state index contributed by atoms with van der Waals surface area (Å²) in [6.45, 7) is 0.141. The lowest BCUT2D eigenvalue weighted by Gasteiger charge is -2.16. The minimum Gasteiger partial charge on any atom is -0.493 e. The van der Waals surface area contributed by atoms with Gasteiger partial charge in [0.25, 0.3) is 0 Å². The molecule has 0 aliphatic rings. The highest BCUT2D eigenvalue weighted by Crippen LogP contribution is 2.41. The molecular formula is C15H15BrFN5O3. The predicted molar refractivity (Wildman–Crippen MR) is 92.6 cm³/mol. The highest BCUT2D eigenvalue weighted by atomic mass is 79.9. The van der Waals surface area contributed by atoms with Crippen LogP contribution in [0, 0.1) is 5.82 Å². The van der Waals surface area contributed by atoms with Gasteiger partial charge in [-0.1, -0.05) is 0 Å². The minimum absolute atomic E-state index is 0.0309. The van der Waals surface area contributed by atoms with Crippen LogP contribution >= 0.6 is 15.9 Å². The molecule has 25 heavy (non-hydrogen) atoms. The number of nitrogens with two attached hydrogens (primary N) is 1. The second-order valence-electron chi connectivity index (χ2n) is 5.04. The van der Waals surface area contributed by atoms with Gasteiger partial charge in [-0.05, 0) is 22.0 Å². The largest absolute Gasteiger partial charge is 0.493 e. The fourth-order valence-corrected chi connectivity index (χ4v) is 2.97. The van der Waals surface area contributed by atoms with Crippen molar-refractivity contribution >= 4 is 33.0 Å². The average molecular weight is 412 g/mol. The molecule has 0 spiro atoms. The summed E-state index contributed by atoms with van der Waals surface area (Å²) in [5, 5.41) is 0. The lowest BCUT2D eigenvalue weighted by atomic mass is 10.1. The summed E-state index contributed by atoms with van der Waals surface area (Å²) in [7, 11) is 4.25.